The van der Waals surface area contributed by atoms with Gasteiger partial charge < -0.3 is 15.4 Å². The summed E-state index contributed by atoms with van der Waals surface area (Å²) >= 11 is 0. The molecule has 2 saturated carbocycles. The summed E-state index contributed by atoms with van der Waals surface area (Å²) < 4.78 is 5.78. The summed E-state index contributed by atoms with van der Waals surface area (Å²) in [6.45, 7) is 2.16. The van der Waals surface area contributed by atoms with Gasteiger partial charge in [-0.15, -0.1) is 0 Å². The molecule has 1 aliphatic heterocycles. The minimum Gasteiger partial charge on any atom is -0.374 e. The van der Waals surface area contributed by atoms with E-state index >= 15 is 0 Å². The first-order valence-electron chi connectivity index (χ1n) is 7.43. The van der Waals surface area contributed by atoms with E-state index in [0.29, 0.717) is 37.1 Å². The average Bonchev–Trinajstić information content (AvgIpc) is 3.05. The summed E-state index contributed by atoms with van der Waals surface area (Å²) in [5, 5.41) is 0. The Hall–Kier alpha value is -0.610. The van der Waals surface area contributed by atoms with Gasteiger partial charge >= 0.3 is 0 Å². The van der Waals surface area contributed by atoms with Crippen LogP contribution in [0.3, 0.4) is 0 Å². The molecule has 102 valence electrons. The predicted octanol–water partition coefficient (Wildman–Crippen LogP) is 1.14. The van der Waals surface area contributed by atoms with Crippen LogP contribution in [0.25, 0.3) is 0 Å². The van der Waals surface area contributed by atoms with Gasteiger partial charge in [-0.25, -0.2) is 0 Å². The van der Waals surface area contributed by atoms with Gasteiger partial charge in [0.15, 0.2) is 0 Å². The largest absolute Gasteiger partial charge is 0.374 e. The molecule has 1 heterocycles. The number of carbonyl (C=O) groups excluding carboxylic acids is 1. The van der Waals surface area contributed by atoms with E-state index in [9.17, 15) is 4.79 Å². The van der Waals surface area contributed by atoms with Crippen molar-refractivity contribution in [3.8, 4) is 0 Å². The normalized spacial score (nSPS) is 39.9. The van der Waals surface area contributed by atoms with Gasteiger partial charge in [-0.05, 0) is 44.6 Å². The smallest absolute Gasteiger partial charge is 0.226 e. The molecule has 2 N–H and O–H groups in total. The van der Waals surface area contributed by atoms with Crippen LogP contribution in [-0.2, 0) is 9.53 Å². The second-order valence-corrected chi connectivity index (χ2v) is 5.97. The highest BCUT2D eigenvalue weighted by Gasteiger charge is 2.42. The minimum absolute atomic E-state index is 0.189. The van der Waals surface area contributed by atoms with E-state index in [1.165, 1.54) is 6.42 Å². The summed E-state index contributed by atoms with van der Waals surface area (Å²) in [4.78, 5) is 14.9. The molecule has 4 unspecified atom stereocenters. The van der Waals surface area contributed by atoms with Gasteiger partial charge in [-0.2, -0.15) is 0 Å². The molecule has 0 aromatic rings. The zero-order valence-corrected chi connectivity index (χ0v) is 11.0. The number of hydrogen-bond acceptors (Lipinski definition) is 3. The fourth-order valence-electron chi connectivity index (χ4n) is 4.06. The number of morpholine rings is 1. The Bertz CT molecular complexity index is 321. The van der Waals surface area contributed by atoms with Crippen molar-refractivity contribution in [3.63, 3.8) is 0 Å². The molecule has 3 rings (SSSR count). The van der Waals surface area contributed by atoms with Crippen molar-refractivity contribution < 1.29 is 9.53 Å². The summed E-state index contributed by atoms with van der Waals surface area (Å²) in [7, 11) is 0. The van der Waals surface area contributed by atoms with E-state index in [2.05, 4.69) is 4.90 Å². The van der Waals surface area contributed by atoms with Gasteiger partial charge in [0.25, 0.3) is 0 Å². The van der Waals surface area contributed by atoms with Crippen molar-refractivity contribution in [2.45, 2.75) is 50.7 Å². The second-order valence-electron chi connectivity index (χ2n) is 5.97. The maximum absolute atomic E-state index is 12.7. The maximum Gasteiger partial charge on any atom is 0.226 e. The molecule has 2 aliphatic carbocycles. The van der Waals surface area contributed by atoms with E-state index in [0.717, 1.165) is 38.6 Å². The minimum atomic E-state index is 0.189. The molecule has 1 amide bonds. The number of carbonyl (C=O) groups is 1. The highest BCUT2D eigenvalue weighted by molar-refractivity contribution is 5.80. The van der Waals surface area contributed by atoms with Crippen LogP contribution in [-0.4, -0.2) is 42.6 Å². The fraction of sp³-hybridized carbons (Fsp3) is 0.929. The zero-order chi connectivity index (χ0) is 12.5. The van der Waals surface area contributed by atoms with Crippen molar-refractivity contribution in [1.82, 2.24) is 4.90 Å². The molecule has 1 saturated heterocycles. The van der Waals surface area contributed by atoms with Gasteiger partial charge in [-0.1, -0.05) is 6.42 Å². The lowest BCUT2D eigenvalue weighted by atomic mass is 9.93. The molecule has 3 fully saturated rings. The van der Waals surface area contributed by atoms with Crippen LogP contribution in [0.4, 0.5) is 0 Å². The van der Waals surface area contributed by atoms with Gasteiger partial charge in [0, 0.05) is 12.5 Å². The Labute approximate surface area is 109 Å². The maximum atomic E-state index is 12.7. The SMILES string of the molecule is NCC1CCCC1C(=O)N1CCOC2CCCC21. The second kappa shape index (κ2) is 5.17. The molecule has 0 spiro atoms. The molecule has 4 nitrogen and oxygen atoms in total. The molecule has 0 radical (unpaired) electrons. The number of hydrogen-bond donors (Lipinski definition) is 1. The van der Waals surface area contributed by atoms with Crippen LogP contribution in [0.15, 0.2) is 0 Å². The van der Waals surface area contributed by atoms with Crippen molar-refractivity contribution >= 4 is 5.91 Å². The Kier molecular flexibility index (Phi) is 3.57. The van der Waals surface area contributed by atoms with E-state index in [1.807, 2.05) is 0 Å². The molecule has 0 bridgehead atoms. The van der Waals surface area contributed by atoms with E-state index in [-0.39, 0.29) is 5.92 Å². The highest BCUT2D eigenvalue weighted by atomic mass is 16.5. The third-order valence-electron chi connectivity index (χ3n) is 5.04. The third kappa shape index (κ3) is 2.05. The molecule has 3 aliphatic rings. The Morgan fingerprint density at radius 2 is 2.06 bits per heavy atom. The fourth-order valence-corrected chi connectivity index (χ4v) is 4.06. The number of fused-ring (bicyclic) bond motifs is 1. The summed E-state index contributed by atoms with van der Waals surface area (Å²) in [5.74, 6) is 0.970. The van der Waals surface area contributed by atoms with Crippen LogP contribution in [0.2, 0.25) is 0 Å². The lowest BCUT2D eigenvalue weighted by Gasteiger charge is -2.39. The van der Waals surface area contributed by atoms with Crippen LogP contribution in [0.1, 0.15) is 38.5 Å². The number of nitrogens with zero attached hydrogens (tertiary/aromatic N) is 1. The first-order valence-corrected chi connectivity index (χ1v) is 7.43. The van der Waals surface area contributed by atoms with Crippen LogP contribution < -0.4 is 5.73 Å². The van der Waals surface area contributed by atoms with E-state index in [4.69, 9.17) is 10.5 Å². The monoisotopic (exact) mass is 252 g/mol. The quantitative estimate of drug-likeness (QED) is 0.802. The molecular weight excluding hydrogens is 228 g/mol. The van der Waals surface area contributed by atoms with Crippen molar-refractivity contribution in [2.24, 2.45) is 17.6 Å². The van der Waals surface area contributed by atoms with Gasteiger partial charge in [0.05, 0.1) is 18.8 Å². The zero-order valence-electron chi connectivity index (χ0n) is 11.0. The first-order chi connectivity index (χ1) is 8.81. The highest BCUT2D eigenvalue weighted by Crippen LogP contribution is 2.36. The Morgan fingerprint density at radius 3 is 2.89 bits per heavy atom. The van der Waals surface area contributed by atoms with E-state index < -0.39 is 0 Å². The van der Waals surface area contributed by atoms with Crippen LogP contribution in [0, 0.1) is 11.8 Å². The Balaban J connectivity index is 1.71. The van der Waals surface area contributed by atoms with Crippen molar-refractivity contribution in [2.75, 3.05) is 19.7 Å². The van der Waals surface area contributed by atoms with Crippen LogP contribution in [0.5, 0.6) is 0 Å². The molecule has 4 atom stereocenters. The molecule has 0 aromatic carbocycles. The summed E-state index contributed by atoms with van der Waals surface area (Å²) in [6.07, 6.45) is 7.08. The van der Waals surface area contributed by atoms with Crippen LogP contribution >= 0.6 is 0 Å². The number of amides is 1. The topological polar surface area (TPSA) is 55.6 Å². The number of ether oxygens (including phenoxy) is 1. The summed E-state index contributed by atoms with van der Waals surface area (Å²) in [5.41, 5.74) is 5.80. The lowest BCUT2D eigenvalue weighted by Crippen LogP contribution is -2.53. The van der Waals surface area contributed by atoms with E-state index in [1.54, 1.807) is 0 Å². The Morgan fingerprint density at radius 1 is 1.22 bits per heavy atom. The average molecular weight is 252 g/mol. The van der Waals surface area contributed by atoms with Gasteiger partial charge in [0.2, 0.25) is 5.91 Å². The van der Waals surface area contributed by atoms with Crippen molar-refractivity contribution in [3.05, 3.63) is 0 Å². The van der Waals surface area contributed by atoms with Gasteiger partial charge in [-0.3, -0.25) is 4.79 Å². The molecule has 18 heavy (non-hydrogen) atoms. The number of nitrogens with two attached hydrogens (primary N) is 1. The molecule has 4 heteroatoms. The third-order valence-corrected chi connectivity index (χ3v) is 5.04. The summed E-state index contributed by atoms with van der Waals surface area (Å²) in [6, 6.07) is 0.352. The lowest BCUT2D eigenvalue weighted by molar-refractivity contribution is -0.149. The molecular formula is C14H24N2O2. The first kappa shape index (κ1) is 12.4. The van der Waals surface area contributed by atoms with Crippen molar-refractivity contribution in [1.29, 1.82) is 0 Å². The van der Waals surface area contributed by atoms with Gasteiger partial charge in [0.1, 0.15) is 0 Å². The molecule has 0 aromatic heterocycles. The predicted molar refractivity (Wildman–Crippen MR) is 69.0 cm³/mol. The number of rotatable bonds is 2. The standard InChI is InChI=1S/C14H24N2O2/c15-9-10-3-1-4-11(10)14(17)16-7-8-18-13-6-2-5-12(13)16/h10-13H,1-9,15H2.